The average Bonchev–Trinajstić information content (AvgIpc) is 3.52. The molecular formula is C25H26ClN3O3. The molecule has 0 bridgehead atoms. The van der Waals surface area contributed by atoms with Crippen molar-refractivity contribution in [1.82, 2.24) is 14.8 Å². The third-order valence-electron chi connectivity index (χ3n) is 6.69. The van der Waals surface area contributed by atoms with Crippen molar-refractivity contribution in [2.45, 2.75) is 57.3 Å². The summed E-state index contributed by atoms with van der Waals surface area (Å²) in [6, 6.07) is 15.0. The zero-order valence-electron chi connectivity index (χ0n) is 18.0. The number of benzene rings is 1. The van der Waals surface area contributed by atoms with Crippen molar-refractivity contribution in [3.05, 3.63) is 71.1 Å². The highest BCUT2D eigenvalue weighted by Crippen LogP contribution is 2.35. The molecule has 1 fully saturated rings. The van der Waals surface area contributed by atoms with Gasteiger partial charge >= 0.3 is 0 Å². The Morgan fingerprint density at radius 1 is 1.16 bits per heavy atom. The molecule has 1 aliphatic heterocycles. The normalized spacial score (nSPS) is 21.1. The van der Waals surface area contributed by atoms with E-state index in [-0.39, 0.29) is 17.9 Å². The van der Waals surface area contributed by atoms with Crippen LogP contribution in [0.4, 0.5) is 0 Å². The second-order valence-corrected chi connectivity index (χ2v) is 9.35. The molecule has 3 heterocycles. The maximum absolute atomic E-state index is 13.7. The molecule has 1 aliphatic carbocycles. The first-order chi connectivity index (χ1) is 15.5. The first-order valence-electron chi connectivity index (χ1n) is 11.1. The number of nitrogens with one attached hydrogen (secondary N) is 1. The number of aromatic nitrogens is 1. The van der Waals surface area contributed by atoms with Gasteiger partial charge in [-0.15, -0.1) is 0 Å². The second kappa shape index (κ2) is 8.17. The third kappa shape index (κ3) is 3.62. The van der Waals surface area contributed by atoms with E-state index in [0.717, 1.165) is 36.9 Å². The molecule has 0 spiro atoms. The minimum absolute atomic E-state index is 0.121. The number of carbonyl (C=O) groups excluding carboxylic acids is 2. The zero-order valence-corrected chi connectivity index (χ0v) is 18.8. The van der Waals surface area contributed by atoms with Crippen LogP contribution in [0.3, 0.4) is 0 Å². The lowest BCUT2D eigenvalue weighted by atomic mass is 9.93. The smallest absolute Gasteiger partial charge is 0.271 e. The van der Waals surface area contributed by atoms with Gasteiger partial charge in [0.25, 0.3) is 5.91 Å². The van der Waals surface area contributed by atoms with Crippen LogP contribution in [0.25, 0.3) is 11.5 Å². The van der Waals surface area contributed by atoms with Crippen molar-refractivity contribution in [2.24, 2.45) is 0 Å². The fourth-order valence-corrected chi connectivity index (χ4v) is 5.10. The number of hydrogen-bond acceptors (Lipinski definition) is 3. The van der Waals surface area contributed by atoms with Gasteiger partial charge in [0.1, 0.15) is 17.0 Å². The molecule has 2 aliphatic rings. The maximum atomic E-state index is 13.7. The minimum Gasteiger partial charge on any atom is -0.463 e. The van der Waals surface area contributed by atoms with E-state index in [2.05, 4.69) is 5.32 Å². The molecule has 2 aromatic heterocycles. The van der Waals surface area contributed by atoms with Crippen LogP contribution >= 0.6 is 11.6 Å². The summed E-state index contributed by atoms with van der Waals surface area (Å²) < 4.78 is 7.50. The van der Waals surface area contributed by atoms with E-state index in [0.29, 0.717) is 29.6 Å². The van der Waals surface area contributed by atoms with Crippen LogP contribution in [0, 0.1) is 0 Å². The number of amides is 2. The van der Waals surface area contributed by atoms with Gasteiger partial charge in [-0.3, -0.25) is 9.59 Å². The number of hydrogen-bond donors (Lipinski definition) is 1. The number of fused-ring (bicyclic) bond motifs is 1. The van der Waals surface area contributed by atoms with Crippen molar-refractivity contribution >= 4 is 23.4 Å². The highest BCUT2D eigenvalue weighted by atomic mass is 35.5. The summed E-state index contributed by atoms with van der Waals surface area (Å²) in [5.74, 6) is 0.369. The summed E-state index contributed by atoms with van der Waals surface area (Å²) in [6.07, 6.45) is 5.82. The molecule has 0 unspecified atom stereocenters. The molecular weight excluding hydrogens is 426 g/mol. The highest BCUT2D eigenvalue weighted by Gasteiger charge is 2.48. The fraction of sp³-hybridized carbons (Fsp3) is 0.360. The van der Waals surface area contributed by atoms with Crippen LogP contribution in [0.5, 0.6) is 0 Å². The number of halogens is 1. The lowest BCUT2D eigenvalue weighted by Crippen LogP contribution is -2.64. The van der Waals surface area contributed by atoms with E-state index in [1.807, 2.05) is 47.9 Å². The highest BCUT2D eigenvalue weighted by molar-refractivity contribution is 6.30. The fourth-order valence-electron chi connectivity index (χ4n) is 4.89. The molecule has 1 aromatic carbocycles. The summed E-state index contributed by atoms with van der Waals surface area (Å²) in [5, 5.41) is 3.82. The molecule has 1 atom stereocenters. The van der Waals surface area contributed by atoms with Gasteiger partial charge in [-0.2, -0.15) is 0 Å². The Hall–Kier alpha value is -2.99. The molecule has 7 heteroatoms. The van der Waals surface area contributed by atoms with E-state index < -0.39 is 5.54 Å². The van der Waals surface area contributed by atoms with Gasteiger partial charge in [-0.1, -0.05) is 36.6 Å². The summed E-state index contributed by atoms with van der Waals surface area (Å²) in [5.41, 5.74) is 1.16. The summed E-state index contributed by atoms with van der Waals surface area (Å²) in [6.45, 7) is 2.50. The average molecular weight is 452 g/mol. The number of carbonyl (C=O) groups is 2. The van der Waals surface area contributed by atoms with E-state index in [4.69, 9.17) is 16.0 Å². The Bertz CT molecular complexity index is 1150. The summed E-state index contributed by atoms with van der Waals surface area (Å²) >= 11 is 6.19. The van der Waals surface area contributed by atoms with E-state index >= 15 is 0 Å². The van der Waals surface area contributed by atoms with Gasteiger partial charge in [-0.25, -0.2) is 0 Å². The predicted molar refractivity (Wildman–Crippen MR) is 122 cm³/mol. The summed E-state index contributed by atoms with van der Waals surface area (Å²) in [7, 11) is 0. The minimum atomic E-state index is -1.06. The Kier molecular flexibility index (Phi) is 5.33. The topological polar surface area (TPSA) is 67.5 Å². The van der Waals surface area contributed by atoms with Crippen LogP contribution in [0.1, 0.15) is 48.7 Å². The van der Waals surface area contributed by atoms with Gasteiger partial charge in [0, 0.05) is 17.6 Å². The molecule has 32 heavy (non-hydrogen) atoms. The van der Waals surface area contributed by atoms with Crippen molar-refractivity contribution in [1.29, 1.82) is 0 Å². The van der Waals surface area contributed by atoms with Gasteiger partial charge < -0.3 is 19.2 Å². The van der Waals surface area contributed by atoms with Crippen LogP contribution in [0.15, 0.2) is 59.2 Å². The van der Waals surface area contributed by atoms with Gasteiger partial charge in [0.05, 0.1) is 18.5 Å². The molecule has 0 saturated heterocycles. The van der Waals surface area contributed by atoms with E-state index in [1.54, 1.807) is 23.3 Å². The first-order valence-corrected chi connectivity index (χ1v) is 11.4. The molecule has 2 amide bonds. The molecule has 0 radical (unpaired) electrons. The molecule has 5 rings (SSSR count). The lowest BCUT2D eigenvalue weighted by Gasteiger charge is -2.44. The van der Waals surface area contributed by atoms with Crippen LogP contribution in [0.2, 0.25) is 5.02 Å². The Morgan fingerprint density at radius 2 is 1.94 bits per heavy atom. The van der Waals surface area contributed by atoms with Gasteiger partial charge in [-0.05, 0) is 61.7 Å². The van der Waals surface area contributed by atoms with Crippen LogP contribution in [-0.4, -0.2) is 32.9 Å². The van der Waals surface area contributed by atoms with Crippen molar-refractivity contribution in [3.63, 3.8) is 0 Å². The van der Waals surface area contributed by atoms with Crippen LogP contribution in [-0.2, 0) is 17.9 Å². The van der Waals surface area contributed by atoms with Gasteiger partial charge in [0.2, 0.25) is 5.91 Å². The Morgan fingerprint density at radius 3 is 2.66 bits per heavy atom. The van der Waals surface area contributed by atoms with Gasteiger partial charge in [0.15, 0.2) is 0 Å². The monoisotopic (exact) mass is 451 g/mol. The largest absolute Gasteiger partial charge is 0.463 e. The molecule has 1 saturated carbocycles. The number of nitrogens with zero attached hydrogens (tertiary/aromatic N) is 2. The quantitative estimate of drug-likeness (QED) is 0.601. The predicted octanol–water partition coefficient (Wildman–Crippen LogP) is 4.88. The standard InChI is InChI=1S/C25H26ClN3O3/c1-25(24(31)27-19-8-2-3-9-19)16-28-20(22-10-5-13-32-22)11-12-21(28)23(30)29(25)15-17-6-4-7-18(26)14-17/h4-7,10-14,19H,2-3,8-9,15-16H2,1H3,(H,27,31)/t25-/m1/s1. The molecule has 166 valence electrons. The number of rotatable bonds is 5. The lowest BCUT2D eigenvalue weighted by molar-refractivity contribution is -0.133. The number of furan rings is 1. The van der Waals surface area contributed by atoms with Crippen molar-refractivity contribution in [2.75, 3.05) is 0 Å². The van der Waals surface area contributed by atoms with Crippen molar-refractivity contribution < 1.29 is 14.0 Å². The second-order valence-electron chi connectivity index (χ2n) is 8.92. The third-order valence-corrected chi connectivity index (χ3v) is 6.92. The Labute approximate surface area is 192 Å². The van der Waals surface area contributed by atoms with E-state index in [9.17, 15) is 9.59 Å². The molecule has 3 aromatic rings. The Balaban J connectivity index is 1.55. The molecule has 6 nitrogen and oxygen atoms in total. The van der Waals surface area contributed by atoms with Crippen molar-refractivity contribution in [3.8, 4) is 11.5 Å². The maximum Gasteiger partial charge on any atom is 0.271 e. The zero-order chi connectivity index (χ0) is 22.3. The van der Waals surface area contributed by atoms with Crippen LogP contribution < -0.4 is 5.32 Å². The summed E-state index contributed by atoms with van der Waals surface area (Å²) in [4.78, 5) is 29.0. The SMILES string of the molecule is C[C@]1(C(=O)NC2CCCC2)Cn2c(ccc2-c2ccco2)C(=O)N1Cc1cccc(Cl)c1. The van der Waals surface area contributed by atoms with E-state index in [1.165, 1.54) is 0 Å². The molecule has 1 N–H and O–H groups in total. The first kappa shape index (κ1) is 20.9.